The van der Waals surface area contributed by atoms with Crippen LogP contribution in [0.15, 0.2) is 36.4 Å². The number of carbonyl (C=O) groups is 1. The van der Waals surface area contributed by atoms with Crippen molar-refractivity contribution in [3.63, 3.8) is 0 Å². The maximum absolute atomic E-state index is 11.0. The summed E-state index contributed by atoms with van der Waals surface area (Å²) < 4.78 is 5.36. The second-order valence-corrected chi connectivity index (χ2v) is 3.90. The number of nitrogens with one attached hydrogen (secondary N) is 1. The van der Waals surface area contributed by atoms with E-state index in [-0.39, 0.29) is 0 Å². The van der Waals surface area contributed by atoms with Gasteiger partial charge in [-0.05, 0) is 18.2 Å². The molecule has 17 heavy (non-hydrogen) atoms. The first-order valence-corrected chi connectivity index (χ1v) is 5.37. The average molecular weight is 225 g/mol. The molecular formula is C14H11NO2. The van der Waals surface area contributed by atoms with E-state index in [2.05, 4.69) is 4.98 Å². The number of aromatic amines is 1. The minimum Gasteiger partial charge on any atom is -0.496 e. The molecule has 3 nitrogen and oxygen atoms in total. The molecule has 84 valence electrons. The van der Waals surface area contributed by atoms with Crippen molar-refractivity contribution in [2.24, 2.45) is 0 Å². The number of aldehydes is 1. The average Bonchev–Trinajstić information content (AvgIpc) is 2.77. The fourth-order valence-corrected chi connectivity index (χ4v) is 2.21. The molecule has 0 aliphatic rings. The van der Waals surface area contributed by atoms with E-state index >= 15 is 0 Å². The van der Waals surface area contributed by atoms with Gasteiger partial charge in [0, 0.05) is 16.5 Å². The molecule has 0 saturated carbocycles. The highest BCUT2D eigenvalue weighted by atomic mass is 16.5. The molecule has 0 unspecified atom stereocenters. The molecule has 0 spiro atoms. The Morgan fingerprint density at radius 2 is 2.00 bits per heavy atom. The molecule has 1 heterocycles. The zero-order chi connectivity index (χ0) is 11.8. The van der Waals surface area contributed by atoms with Crippen LogP contribution in [-0.2, 0) is 0 Å². The molecule has 0 aliphatic heterocycles. The highest BCUT2D eigenvalue weighted by Gasteiger charge is 2.11. The van der Waals surface area contributed by atoms with Gasteiger partial charge >= 0.3 is 0 Å². The van der Waals surface area contributed by atoms with Crippen LogP contribution in [0.4, 0.5) is 0 Å². The first-order chi connectivity index (χ1) is 8.35. The Morgan fingerprint density at radius 3 is 2.76 bits per heavy atom. The SMILES string of the molecule is COc1ccc(C=O)c2[nH]c3ccccc3c12. The first-order valence-electron chi connectivity index (χ1n) is 5.37. The molecule has 1 aromatic heterocycles. The summed E-state index contributed by atoms with van der Waals surface area (Å²) in [6, 6.07) is 11.5. The lowest BCUT2D eigenvalue weighted by molar-refractivity contribution is 0.112. The summed E-state index contributed by atoms with van der Waals surface area (Å²) in [7, 11) is 1.64. The molecular weight excluding hydrogens is 214 g/mol. The van der Waals surface area contributed by atoms with Crippen LogP contribution < -0.4 is 4.74 Å². The topological polar surface area (TPSA) is 42.1 Å². The lowest BCUT2D eigenvalue weighted by Crippen LogP contribution is -1.87. The molecule has 0 bridgehead atoms. The Labute approximate surface area is 98.0 Å². The number of fused-ring (bicyclic) bond motifs is 3. The second kappa shape index (κ2) is 3.63. The van der Waals surface area contributed by atoms with Gasteiger partial charge in [-0.15, -0.1) is 0 Å². The van der Waals surface area contributed by atoms with Crippen LogP contribution in [0.1, 0.15) is 10.4 Å². The monoisotopic (exact) mass is 225 g/mol. The fourth-order valence-electron chi connectivity index (χ4n) is 2.21. The smallest absolute Gasteiger partial charge is 0.152 e. The summed E-state index contributed by atoms with van der Waals surface area (Å²) in [6.07, 6.45) is 0.858. The molecule has 0 aliphatic carbocycles. The van der Waals surface area contributed by atoms with E-state index in [1.807, 2.05) is 30.3 Å². The van der Waals surface area contributed by atoms with Gasteiger partial charge in [-0.25, -0.2) is 0 Å². The predicted molar refractivity (Wildman–Crippen MR) is 67.7 cm³/mol. The van der Waals surface area contributed by atoms with Crippen molar-refractivity contribution in [1.82, 2.24) is 4.98 Å². The quantitative estimate of drug-likeness (QED) is 0.681. The van der Waals surface area contributed by atoms with Crippen LogP contribution in [0, 0.1) is 0 Å². The van der Waals surface area contributed by atoms with Crippen molar-refractivity contribution in [1.29, 1.82) is 0 Å². The zero-order valence-corrected chi connectivity index (χ0v) is 9.36. The van der Waals surface area contributed by atoms with Crippen molar-refractivity contribution in [2.75, 3.05) is 7.11 Å². The van der Waals surface area contributed by atoms with Crippen molar-refractivity contribution < 1.29 is 9.53 Å². The summed E-state index contributed by atoms with van der Waals surface area (Å²) in [4.78, 5) is 14.3. The molecule has 0 saturated heterocycles. The van der Waals surface area contributed by atoms with Crippen molar-refractivity contribution in [3.8, 4) is 5.75 Å². The Bertz CT molecular complexity index is 713. The number of para-hydroxylation sites is 1. The molecule has 3 rings (SSSR count). The Balaban J connectivity index is 2.57. The lowest BCUT2D eigenvalue weighted by Gasteiger charge is -2.03. The van der Waals surface area contributed by atoms with Crippen LogP contribution in [-0.4, -0.2) is 18.4 Å². The number of hydrogen-bond donors (Lipinski definition) is 1. The maximum Gasteiger partial charge on any atom is 0.152 e. The Hall–Kier alpha value is -2.29. The van der Waals surface area contributed by atoms with Gasteiger partial charge in [0.2, 0.25) is 0 Å². The molecule has 0 radical (unpaired) electrons. The summed E-state index contributed by atoms with van der Waals surface area (Å²) in [5, 5.41) is 2.04. The summed E-state index contributed by atoms with van der Waals surface area (Å²) >= 11 is 0. The van der Waals surface area contributed by atoms with Crippen molar-refractivity contribution in [2.45, 2.75) is 0 Å². The lowest BCUT2D eigenvalue weighted by atomic mass is 10.1. The predicted octanol–water partition coefficient (Wildman–Crippen LogP) is 3.14. The van der Waals surface area contributed by atoms with Crippen LogP contribution in [0.3, 0.4) is 0 Å². The van der Waals surface area contributed by atoms with Gasteiger partial charge in [-0.1, -0.05) is 18.2 Å². The summed E-state index contributed by atoms with van der Waals surface area (Å²) in [5.74, 6) is 0.781. The van der Waals surface area contributed by atoms with Gasteiger partial charge in [-0.2, -0.15) is 0 Å². The van der Waals surface area contributed by atoms with Gasteiger partial charge in [-0.3, -0.25) is 4.79 Å². The van der Waals surface area contributed by atoms with Crippen LogP contribution in [0.25, 0.3) is 21.8 Å². The van der Waals surface area contributed by atoms with E-state index in [9.17, 15) is 4.79 Å². The molecule has 0 atom stereocenters. The maximum atomic E-state index is 11.0. The number of carbonyl (C=O) groups excluding carboxylic acids is 1. The number of hydrogen-bond acceptors (Lipinski definition) is 2. The first kappa shape index (κ1) is 9.90. The van der Waals surface area contributed by atoms with E-state index in [0.717, 1.165) is 33.8 Å². The Kier molecular flexibility index (Phi) is 2.11. The molecule has 3 heteroatoms. The highest BCUT2D eigenvalue weighted by Crippen LogP contribution is 2.34. The summed E-state index contributed by atoms with van der Waals surface area (Å²) in [6.45, 7) is 0. The van der Waals surface area contributed by atoms with Gasteiger partial charge in [0.15, 0.2) is 6.29 Å². The molecule has 0 amide bonds. The van der Waals surface area contributed by atoms with Crippen molar-refractivity contribution >= 4 is 28.1 Å². The van der Waals surface area contributed by atoms with Gasteiger partial charge in [0.1, 0.15) is 5.75 Å². The minimum atomic E-state index is 0.650. The fraction of sp³-hybridized carbons (Fsp3) is 0.0714. The van der Waals surface area contributed by atoms with E-state index < -0.39 is 0 Å². The normalized spacial score (nSPS) is 10.9. The minimum absolute atomic E-state index is 0.650. The Morgan fingerprint density at radius 1 is 1.18 bits per heavy atom. The number of ether oxygens (including phenoxy) is 1. The number of benzene rings is 2. The van der Waals surface area contributed by atoms with Gasteiger partial charge in [0.25, 0.3) is 0 Å². The van der Waals surface area contributed by atoms with Gasteiger partial charge < -0.3 is 9.72 Å². The zero-order valence-electron chi connectivity index (χ0n) is 9.36. The second-order valence-electron chi connectivity index (χ2n) is 3.90. The van der Waals surface area contributed by atoms with E-state index in [1.165, 1.54) is 0 Å². The molecule has 0 fully saturated rings. The van der Waals surface area contributed by atoms with E-state index in [4.69, 9.17) is 4.74 Å². The third-order valence-corrected chi connectivity index (χ3v) is 3.00. The van der Waals surface area contributed by atoms with E-state index in [1.54, 1.807) is 13.2 Å². The van der Waals surface area contributed by atoms with E-state index in [0.29, 0.717) is 5.56 Å². The largest absolute Gasteiger partial charge is 0.496 e. The highest BCUT2D eigenvalue weighted by molar-refractivity contribution is 6.14. The molecule has 3 aromatic rings. The van der Waals surface area contributed by atoms with Crippen LogP contribution in [0.2, 0.25) is 0 Å². The van der Waals surface area contributed by atoms with Crippen LogP contribution >= 0.6 is 0 Å². The molecule has 1 N–H and O–H groups in total. The summed E-state index contributed by atoms with van der Waals surface area (Å²) in [5.41, 5.74) is 2.49. The third-order valence-electron chi connectivity index (χ3n) is 3.00. The third kappa shape index (κ3) is 1.32. The molecule has 2 aromatic carbocycles. The van der Waals surface area contributed by atoms with Gasteiger partial charge in [0.05, 0.1) is 18.0 Å². The number of aromatic nitrogens is 1. The van der Waals surface area contributed by atoms with Crippen molar-refractivity contribution in [3.05, 3.63) is 42.0 Å². The van der Waals surface area contributed by atoms with Crippen LogP contribution in [0.5, 0.6) is 5.75 Å². The standard InChI is InChI=1S/C14H11NO2/c1-17-12-7-6-9(8-16)14-13(12)10-4-2-3-5-11(10)15-14/h2-8,15H,1H3. The number of rotatable bonds is 2. The number of H-pyrrole nitrogens is 1. The number of methoxy groups -OCH3 is 1.